The van der Waals surface area contributed by atoms with Crippen molar-refractivity contribution in [3.8, 4) is 16.5 Å². The van der Waals surface area contributed by atoms with Crippen LogP contribution < -0.4 is 10.1 Å². The Hall–Kier alpha value is -3.09. The van der Waals surface area contributed by atoms with Gasteiger partial charge in [-0.05, 0) is 19.9 Å². The molecule has 5 rings (SSSR count). The number of halogens is 1. The Labute approximate surface area is 200 Å². The second-order valence-electron chi connectivity index (χ2n) is 8.66. The highest BCUT2D eigenvalue weighted by molar-refractivity contribution is 7.16. The van der Waals surface area contributed by atoms with Crippen LogP contribution in [-0.2, 0) is 10.3 Å². The molecule has 1 saturated heterocycles. The number of aromatic nitrogens is 4. The first-order valence-corrected chi connectivity index (χ1v) is 11.8. The number of methoxy groups -OCH3 is 1. The van der Waals surface area contributed by atoms with Gasteiger partial charge in [-0.15, -0.1) is 11.3 Å². The average Bonchev–Trinajstić information content (AvgIpc) is 3.51. The summed E-state index contributed by atoms with van der Waals surface area (Å²) in [4.78, 5) is 27.4. The van der Waals surface area contributed by atoms with Crippen LogP contribution in [0.1, 0.15) is 29.1 Å². The molecular formula is C22H26FN7O3S. The number of nitrogens with one attached hydrogen (secondary N) is 2. The molecule has 2 N–H and O–H groups in total. The molecule has 3 aromatic rings. The standard InChI is InChI=1S/C22H26FN7O3S/c1-22(2)18-13(20(31)30(22)5-4-29-6-8-33-9-7-29)10-16(34-18)17-14(23)11-24-21(27-17)26-15-12-25-28-19(15)32-3/h10-12H,4-9H2,1-3H3,(H,25,28)(H,24,26,27). The van der Waals surface area contributed by atoms with Gasteiger partial charge in [0.2, 0.25) is 11.8 Å². The number of aromatic amines is 1. The maximum atomic E-state index is 14.7. The highest BCUT2D eigenvalue weighted by Gasteiger charge is 2.45. The molecule has 0 saturated carbocycles. The normalized spacial score (nSPS) is 17.8. The summed E-state index contributed by atoms with van der Waals surface area (Å²) in [6.45, 7) is 8.70. The topological polar surface area (TPSA) is 108 Å². The molecule has 1 fully saturated rings. The monoisotopic (exact) mass is 487 g/mol. The van der Waals surface area contributed by atoms with E-state index >= 15 is 0 Å². The van der Waals surface area contributed by atoms with Crippen molar-refractivity contribution in [1.82, 2.24) is 30.0 Å². The molecule has 1 amide bonds. The molecule has 12 heteroatoms. The van der Waals surface area contributed by atoms with Gasteiger partial charge in [-0.1, -0.05) is 0 Å². The molecule has 0 bridgehead atoms. The number of nitrogens with zero attached hydrogens (tertiary/aromatic N) is 5. The van der Waals surface area contributed by atoms with Gasteiger partial charge in [0.15, 0.2) is 5.82 Å². The van der Waals surface area contributed by atoms with Crippen LogP contribution in [0, 0.1) is 5.82 Å². The Morgan fingerprint density at radius 2 is 2.09 bits per heavy atom. The molecule has 0 aromatic carbocycles. The summed E-state index contributed by atoms with van der Waals surface area (Å²) in [5, 5.41) is 9.58. The third kappa shape index (κ3) is 4.01. The third-order valence-corrected chi connectivity index (χ3v) is 7.67. The number of anilines is 2. The van der Waals surface area contributed by atoms with Crippen molar-refractivity contribution in [2.75, 3.05) is 51.8 Å². The summed E-state index contributed by atoms with van der Waals surface area (Å²) in [6, 6.07) is 1.74. The second-order valence-corrected chi connectivity index (χ2v) is 9.71. The third-order valence-electron chi connectivity index (χ3n) is 6.21. The maximum Gasteiger partial charge on any atom is 0.255 e. The van der Waals surface area contributed by atoms with Crippen molar-refractivity contribution in [2.24, 2.45) is 0 Å². The van der Waals surface area contributed by atoms with E-state index in [0.29, 0.717) is 28.6 Å². The predicted octanol–water partition coefficient (Wildman–Crippen LogP) is 2.84. The zero-order chi connectivity index (χ0) is 23.9. The molecule has 0 spiro atoms. The minimum atomic E-state index is -0.556. The maximum absolute atomic E-state index is 14.7. The zero-order valence-corrected chi connectivity index (χ0v) is 20.0. The average molecular weight is 488 g/mol. The molecule has 0 atom stereocenters. The second kappa shape index (κ2) is 8.93. The van der Waals surface area contributed by atoms with Gasteiger partial charge in [-0.25, -0.2) is 19.5 Å². The number of H-pyrrole nitrogens is 1. The van der Waals surface area contributed by atoms with E-state index in [0.717, 1.165) is 43.9 Å². The zero-order valence-electron chi connectivity index (χ0n) is 19.2. The number of hydrogen-bond acceptors (Lipinski definition) is 9. The molecule has 0 radical (unpaired) electrons. The number of carbonyl (C=O) groups is 1. The SMILES string of the molecule is COc1[nH]ncc1Nc1ncc(F)c(-c2cc3c(s2)C(C)(C)N(CCN2CCOCC2)C3=O)n1. The highest BCUT2D eigenvalue weighted by atomic mass is 32.1. The molecular weight excluding hydrogens is 461 g/mol. The lowest BCUT2D eigenvalue weighted by atomic mass is 10.0. The van der Waals surface area contributed by atoms with Crippen molar-refractivity contribution >= 4 is 28.9 Å². The van der Waals surface area contributed by atoms with E-state index in [1.165, 1.54) is 24.6 Å². The molecule has 180 valence electrons. The fourth-order valence-corrected chi connectivity index (χ4v) is 5.58. The first-order valence-electron chi connectivity index (χ1n) is 11.0. The molecule has 2 aliphatic heterocycles. The van der Waals surface area contributed by atoms with Gasteiger partial charge in [0.1, 0.15) is 11.4 Å². The first-order chi connectivity index (χ1) is 16.4. The van der Waals surface area contributed by atoms with Crippen LogP contribution in [0.4, 0.5) is 16.0 Å². The van der Waals surface area contributed by atoms with Gasteiger partial charge in [0.05, 0.1) is 48.7 Å². The summed E-state index contributed by atoms with van der Waals surface area (Å²) in [5.41, 5.74) is 0.788. The lowest BCUT2D eigenvalue weighted by Gasteiger charge is -2.35. The van der Waals surface area contributed by atoms with Gasteiger partial charge < -0.3 is 19.7 Å². The van der Waals surface area contributed by atoms with E-state index < -0.39 is 11.4 Å². The van der Waals surface area contributed by atoms with Gasteiger partial charge in [0.25, 0.3) is 5.91 Å². The van der Waals surface area contributed by atoms with Crippen molar-refractivity contribution in [1.29, 1.82) is 0 Å². The van der Waals surface area contributed by atoms with Crippen molar-refractivity contribution in [2.45, 2.75) is 19.4 Å². The highest BCUT2D eigenvalue weighted by Crippen LogP contribution is 2.46. The van der Waals surface area contributed by atoms with Gasteiger partial charge in [0, 0.05) is 31.1 Å². The summed E-state index contributed by atoms with van der Waals surface area (Å²) < 4.78 is 25.3. The summed E-state index contributed by atoms with van der Waals surface area (Å²) in [6.07, 6.45) is 2.64. The molecule has 0 unspecified atom stereocenters. The number of amides is 1. The minimum Gasteiger partial charge on any atom is -0.480 e. The number of thiophene rings is 1. The Balaban J connectivity index is 1.38. The van der Waals surface area contributed by atoms with Crippen LogP contribution in [0.2, 0.25) is 0 Å². The summed E-state index contributed by atoms with van der Waals surface area (Å²) in [5.74, 6) is 0.0160. The van der Waals surface area contributed by atoms with E-state index in [4.69, 9.17) is 9.47 Å². The largest absolute Gasteiger partial charge is 0.480 e. The van der Waals surface area contributed by atoms with Crippen molar-refractivity contribution in [3.63, 3.8) is 0 Å². The summed E-state index contributed by atoms with van der Waals surface area (Å²) >= 11 is 1.39. The van der Waals surface area contributed by atoms with E-state index in [1.54, 1.807) is 6.07 Å². The fraction of sp³-hybridized carbons (Fsp3) is 0.455. The molecule has 34 heavy (non-hydrogen) atoms. The van der Waals surface area contributed by atoms with Crippen LogP contribution >= 0.6 is 11.3 Å². The number of rotatable bonds is 7. The van der Waals surface area contributed by atoms with Crippen LogP contribution in [0.5, 0.6) is 5.88 Å². The van der Waals surface area contributed by atoms with Crippen LogP contribution in [0.15, 0.2) is 18.5 Å². The quantitative estimate of drug-likeness (QED) is 0.524. The first kappa shape index (κ1) is 22.7. The Morgan fingerprint density at radius 3 is 2.82 bits per heavy atom. The van der Waals surface area contributed by atoms with Gasteiger partial charge in [-0.3, -0.25) is 9.69 Å². The number of ether oxygens (including phenoxy) is 2. The Kier molecular flexibility index (Phi) is 5.96. The van der Waals surface area contributed by atoms with Crippen molar-refractivity contribution < 1.29 is 18.7 Å². The van der Waals surface area contributed by atoms with E-state index in [2.05, 4.69) is 30.4 Å². The number of carbonyl (C=O) groups excluding carboxylic acids is 1. The van der Waals surface area contributed by atoms with Crippen LogP contribution in [0.25, 0.3) is 10.6 Å². The number of morpholine rings is 1. The lowest BCUT2D eigenvalue weighted by molar-refractivity contribution is 0.0263. The van der Waals surface area contributed by atoms with E-state index in [1.807, 2.05) is 18.7 Å². The fourth-order valence-electron chi connectivity index (χ4n) is 4.33. The number of hydrogen-bond donors (Lipinski definition) is 2. The van der Waals surface area contributed by atoms with E-state index in [9.17, 15) is 9.18 Å². The Morgan fingerprint density at radius 1 is 1.29 bits per heavy atom. The van der Waals surface area contributed by atoms with Crippen LogP contribution in [0.3, 0.4) is 0 Å². The van der Waals surface area contributed by atoms with Crippen LogP contribution in [-0.4, -0.2) is 82.4 Å². The lowest BCUT2D eigenvalue weighted by Crippen LogP contribution is -2.46. The molecule has 2 aliphatic rings. The molecule has 3 aromatic heterocycles. The van der Waals surface area contributed by atoms with E-state index in [-0.39, 0.29) is 17.5 Å². The number of fused-ring (bicyclic) bond motifs is 1. The predicted molar refractivity (Wildman–Crippen MR) is 125 cm³/mol. The van der Waals surface area contributed by atoms with Gasteiger partial charge in [-0.2, -0.15) is 5.10 Å². The minimum absolute atomic E-state index is 0.0355. The van der Waals surface area contributed by atoms with Gasteiger partial charge >= 0.3 is 0 Å². The molecule has 0 aliphatic carbocycles. The Bertz CT molecular complexity index is 1210. The molecule has 10 nitrogen and oxygen atoms in total. The summed E-state index contributed by atoms with van der Waals surface area (Å²) in [7, 11) is 1.51. The smallest absolute Gasteiger partial charge is 0.255 e. The van der Waals surface area contributed by atoms with Crippen molar-refractivity contribution in [3.05, 3.63) is 34.7 Å². The molecule has 5 heterocycles.